The fraction of sp³-hybridized carbons (Fsp3) is 0.923. The number of amides is 1. The molecule has 0 aliphatic heterocycles. The third-order valence-corrected chi connectivity index (χ3v) is 4.33. The van der Waals surface area contributed by atoms with Gasteiger partial charge < -0.3 is 10.2 Å². The number of carbonyl (C=O) groups is 1. The highest BCUT2D eigenvalue weighted by Crippen LogP contribution is 2.17. The predicted molar refractivity (Wildman–Crippen MR) is 77.6 cm³/mol. The Bertz CT molecular complexity index is 208. The molecule has 0 fully saturated rings. The van der Waals surface area contributed by atoms with Crippen molar-refractivity contribution in [3.63, 3.8) is 0 Å². The molecule has 0 aliphatic carbocycles. The van der Waals surface area contributed by atoms with Crippen molar-refractivity contribution in [3.05, 3.63) is 0 Å². The summed E-state index contributed by atoms with van der Waals surface area (Å²) in [6.45, 7) is 13.2. The zero-order valence-electron chi connectivity index (χ0n) is 12.0. The molecular formula is C13H28N2OS. The van der Waals surface area contributed by atoms with Crippen LogP contribution in [0.4, 0.5) is 0 Å². The summed E-state index contributed by atoms with van der Waals surface area (Å²) in [6, 6.07) is 0.509. The van der Waals surface area contributed by atoms with Crippen molar-refractivity contribution >= 4 is 17.7 Å². The van der Waals surface area contributed by atoms with Crippen LogP contribution in [-0.2, 0) is 4.79 Å². The molecule has 2 unspecified atom stereocenters. The molecule has 0 aromatic rings. The van der Waals surface area contributed by atoms with Crippen LogP contribution >= 0.6 is 11.8 Å². The molecule has 4 heteroatoms. The molecule has 0 aromatic heterocycles. The molecule has 1 amide bonds. The molecule has 102 valence electrons. The van der Waals surface area contributed by atoms with Crippen LogP contribution in [0.1, 0.15) is 41.0 Å². The average Bonchev–Trinajstić information content (AvgIpc) is 2.34. The Kier molecular flexibility index (Phi) is 9.65. The minimum atomic E-state index is 0.262. The van der Waals surface area contributed by atoms with E-state index >= 15 is 0 Å². The molecule has 0 bridgehead atoms. The molecule has 1 N–H and O–H groups in total. The summed E-state index contributed by atoms with van der Waals surface area (Å²) in [5.41, 5.74) is 0. The van der Waals surface area contributed by atoms with Crippen LogP contribution in [-0.4, -0.2) is 47.5 Å². The zero-order valence-corrected chi connectivity index (χ0v) is 12.8. The van der Waals surface area contributed by atoms with E-state index in [1.807, 2.05) is 18.7 Å². The van der Waals surface area contributed by atoms with Crippen molar-refractivity contribution in [1.29, 1.82) is 0 Å². The Balaban J connectivity index is 4.04. The van der Waals surface area contributed by atoms with Crippen LogP contribution in [0.5, 0.6) is 0 Å². The minimum absolute atomic E-state index is 0.262. The smallest absolute Gasteiger partial charge is 0.232 e. The van der Waals surface area contributed by atoms with Gasteiger partial charge in [-0.25, -0.2) is 0 Å². The van der Waals surface area contributed by atoms with Gasteiger partial charge in [0.1, 0.15) is 0 Å². The molecular weight excluding hydrogens is 232 g/mol. The van der Waals surface area contributed by atoms with E-state index in [1.165, 1.54) is 0 Å². The van der Waals surface area contributed by atoms with Crippen molar-refractivity contribution in [3.8, 4) is 0 Å². The second kappa shape index (κ2) is 9.77. The quantitative estimate of drug-likeness (QED) is 0.691. The largest absolute Gasteiger partial charge is 0.343 e. The number of nitrogens with one attached hydrogen (secondary N) is 1. The molecule has 0 heterocycles. The Hall–Kier alpha value is -0.220. The van der Waals surface area contributed by atoms with E-state index in [0.717, 1.165) is 26.1 Å². The fourth-order valence-electron chi connectivity index (χ4n) is 1.89. The molecule has 2 atom stereocenters. The molecule has 0 spiro atoms. The van der Waals surface area contributed by atoms with Crippen molar-refractivity contribution in [2.45, 2.75) is 52.3 Å². The maximum Gasteiger partial charge on any atom is 0.232 e. The van der Waals surface area contributed by atoms with Gasteiger partial charge in [0.2, 0.25) is 5.91 Å². The third-order valence-electron chi connectivity index (χ3n) is 3.06. The van der Waals surface area contributed by atoms with Crippen molar-refractivity contribution in [2.75, 3.05) is 25.4 Å². The summed E-state index contributed by atoms with van der Waals surface area (Å²) in [7, 11) is 0. The van der Waals surface area contributed by atoms with Crippen molar-refractivity contribution in [1.82, 2.24) is 10.2 Å². The zero-order chi connectivity index (χ0) is 13.3. The molecule has 3 nitrogen and oxygen atoms in total. The number of rotatable bonds is 9. The van der Waals surface area contributed by atoms with Gasteiger partial charge in [0.25, 0.3) is 0 Å². The summed E-state index contributed by atoms with van der Waals surface area (Å²) < 4.78 is 0. The number of carbonyl (C=O) groups excluding carboxylic acids is 1. The lowest BCUT2D eigenvalue weighted by Gasteiger charge is -2.24. The van der Waals surface area contributed by atoms with Gasteiger partial charge in [0, 0.05) is 24.4 Å². The first-order chi connectivity index (χ1) is 8.10. The van der Waals surface area contributed by atoms with E-state index in [-0.39, 0.29) is 5.91 Å². The van der Waals surface area contributed by atoms with Crippen molar-refractivity contribution < 1.29 is 4.79 Å². The van der Waals surface area contributed by atoms with Gasteiger partial charge in [-0.2, -0.15) is 0 Å². The fourth-order valence-corrected chi connectivity index (χ4v) is 3.00. The van der Waals surface area contributed by atoms with Crippen LogP contribution in [0.25, 0.3) is 0 Å². The highest BCUT2D eigenvalue weighted by atomic mass is 32.2. The highest BCUT2D eigenvalue weighted by molar-refractivity contribution is 8.00. The molecule has 0 saturated carbocycles. The third kappa shape index (κ3) is 6.32. The molecule has 0 radical (unpaired) electrons. The van der Waals surface area contributed by atoms with Crippen LogP contribution in [0.3, 0.4) is 0 Å². The van der Waals surface area contributed by atoms with E-state index < -0.39 is 0 Å². The monoisotopic (exact) mass is 260 g/mol. The molecule has 0 rings (SSSR count). The first-order valence-electron chi connectivity index (χ1n) is 6.73. The van der Waals surface area contributed by atoms with Gasteiger partial charge in [-0.05, 0) is 26.8 Å². The lowest BCUT2D eigenvalue weighted by Crippen LogP contribution is -2.38. The van der Waals surface area contributed by atoms with E-state index in [2.05, 4.69) is 26.1 Å². The molecule has 0 saturated heterocycles. The standard InChI is InChI=1S/C13H28N2OS/c1-6-12(14-7-2)11(5)17-10-13(16)15(8-3)9-4/h11-12,14H,6-10H2,1-5H3. The van der Waals surface area contributed by atoms with E-state index in [0.29, 0.717) is 17.0 Å². The first-order valence-corrected chi connectivity index (χ1v) is 7.78. The molecule has 17 heavy (non-hydrogen) atoms. The number of hydrogen-bond acceptors (Lipinski definition) is 3. The van der Waals surface area contributed by atoms with Gasteiger partial charge in [0.05, 0.1) is 5.75 Å². The summed E-state index contributed by atoms with van der Waals surface area (Å²) >= 11 is 1.76. The molecule has 0 aliphatic rings. The van der Waals surface area contributed by atoms with E-state index in [1.54, 1.807) is 11.8 Å². The molecule has 0 aromatic carbocycles. The van der Waals surface area contributed by atoms with Gasteiger partial charge in [-0.1, -0.05) is 20.8 Å². The maximum atomic E-state index is 11.9. The van der Waals surface area contributed by atoms with Crippen molar-refractivity contribution in [2.24, 2.45) is 0 Å². The normalized spacial score (nSPS) is 14.4. The van der Waals surface area contributed by atoms with Crippen LogP contribution in [0.15, 0.2) is 0 Å². The lowest BCUT2D eigenvalue weighted by molar-refractivity contribution is -0.127. The Morgan fingerprint density at radius 3 is 2.24 bits per heavy atom. The van der Waals surface area contributed by atoms with Crippen LogP contribution in [0.2, 0.25) is 0 Å². The average molecular weight is 260 g/mol. The van der Waals surface area contributed by atoms with Gasteiger partial charge in [-0.3, -0.25) is 4.79 Å². The topological polar surface area (TPSA) is 32.3 Å². The van der Waals surface area contributed by atoms with Gasteiger partial charge in [-0.15, -0.1) is 11.8 Å². The minimum Gasteiger partial charge on any atom is -0.343 e. The Labute approximate surface area is 111 Å². The number of nitrogens with zero attached hydrogens (tertiary/aromatic N) is 1. The number of hydrogen-bond donors (Lipinski definition) is 1. The predicted octanol–water partition coefficient (Wildman–Crippen LogP) is 2.36. The summed E-state index contributed by atoms with van der Waals surface area (Å²) in [5.74, 6) is 0.864. The van der Waals surface area contributed by atoms with E-state index in [4.69, 9.17) is 0 Å². The first kappa shape index (κ1) is 16.8. The lowest BCUT2D eigenvalue weighted by atomic mass is 10.2. The van der Waals surface area contributed by atoms with Gasteiger partial charge >= 0.3 is 0 Å². The summed E-state index contributed by atoms with van der Waals surface area (Å²) in [6.07, 6.45) is 1.11. The summed E-state index contributed by atoms with van der Waals surface area (Å²) in [5, 5.41) is 3.95. The SMILES string of the molecule is CCNC(CC)C(C)SCC(=O)N(CC)CC. The van der Waals surface area contributed by atoms with Gasteiger partial charge in [0.15, 0.2) is 0 Å². The van der Waals surface area contributed by atoms with Crippen LogP contribution < -0.4 is 5.32 Å². The maximum absolute atomic E-state index is 11.9. The second-order valence-electron chi connectivity index (χ2n) is 4.15. The van der Waals surface area contributed by atoms with E-state index in [9.17, 15) is 4.79 Å². The summed E-state index contributed by atoms with van der Waals surface area (Å²) in [4.78, 5) is 13.8. The number of thioether (sulfide) groups is 1. The highest BCUT2D eigenvalue weighted by Gasteiger charge is 2.17. The Morgan fingerprint density at radius 1 is 1.24 bits per heavy atom. The Morgan fingerprint density at radius 2 is 1.82 bits per heavy atom. The second-order valence-corrected chi connectivity index (χ2v) is 5.52. The van der Waals surface area contributed by atoms with Crippen LogP contribution in [0, 0.1) is 0 Å².